The van der Waals surface area contributed by atoms with Gasteiger partial charge < -0.3 is 15.2 Å². The average Bonchev–Trinajstić information content (AvgIpc) is 2.85. The van der Waals surface area contributed by atoms with Crippen molar-refractivity contribution in [2.75, 3.05) is 20.2 Å². The summed E-state index contributed by atoms with van der Waals surface area (Å²) in [6.45, 7) is 0.981. The smallest absolute Gasteiger partial charge is 0.106 e. The van der Waals surface area contributed by atoms with Crippen molar-refractivity contribution < 1.29 is 10.2 Å². The molecule has 1 aliphatic heterocycles. The Hall–Kier alpha value is -1.36. The van der Waals surface area contributed by atoms with E-state index >= 15 is 0 Å². The molecule has 0 amide bonds. The van der Waals surface area contributed by atoms with Crippen molar-refractivity contribution in [3.8, 4) is 0 Å². The first-order chi connectivity index (χ1) is 9.63. The zero-order chi connectivity index (χ0) is 13.9. The molecule has 0 radical (unpaired) electrons. The van der Waals surface area contributed by atoms with E-state index in [-0.39, 0.29) is 18.6 Å². The summed E-state index contributed by atoms with van der Waals surface area (Å²) in [4.78, 5) is 5.52. The highest BCUT2D eigenvalue weighted by atomic mass is 16.3. The SMILES string of the molecule is CN1CC(CO)C[C@]2(O)c3cccc4[nH]cc(c34)C[C@@H]12. The second-order valence-corrected chi connectivity index (χ2v) is 6.38. The maximum absolute atomic E-state index is 11.4. The number of aromatic nitrogens is 1. The molecular weight excluding hydrogens is 252 g/mol. The lowest BCUT2D eigenvalue weighted by Gasteiger charge is -2.50. The summed E-state index contributed by atoms with van der Waals surface area (Å²) in [7, 11) is 2.05. The Balaban J connectivity index is 1.93. The number of aliphatic hydroxyl groups is 2. The lowest BCUT2D eigenvalue weighted by molar-refractivity contribution is -0.106. The van der Waals surface area contributed by atoms with Crippen LogP contribution in [0.3, 0.4) is 0 Å². The van der Waals surface area contributed by atoms with E-state index in [1.165, 1.54) is 10.9 Å². The molecule has 0 spiro atoms. The van der Waals surface area contributed by atoms with Gasteiger partial charge in [-0.3, -0.25) is 4.90 Å². The first kappa shape index (κ1) is 12.4. The van der Waals surface area contributed by atoms with E-state index in [1.807, 2.05) is 12.1 Å². The van der Waals surface area contributed by atoms with Gasteiger partial charge in [-0.2, -0.15) is 0 Å². The van der Waals surface area contributed by atoms with Crippen molar-refractivity contribution >= 4 is 10.9 Å². The highest BCUT2D eigenvalue weighted by Crippen LogP contribution is 2.46. The minimum Gasteiger partial charge on any atom is -0.396 e. The summed E-state index contributed by atoms with van der Waals surface area (Å²) in [5, 5.41) is 22.1. The number of benzene rings is 1. The number of piperidine rings is 1. The van der Waals surface area contributed by atoms with Gasteiger partial charge in [-0.1, -0.05) is 12.1 Å². The molecule has 4 nitrogen and oxygen atoms in total. The molecule has 3 N–H and O–H groups in total. The zero-order valence-corrected chi connectivity index (χ0v) is 11.6. The maximum Gasteiger partial charge on any atom is 0.106 e. The van der Waals surface area contributed by atoms with E-state index in [2.05, 4.69) is 29.2 Å². The summed E-state index contributed by atoms with van der Waals surface area (Å²) < 4.78 is 0. The zero-order valence-electron chi connectivity index (χ0n) is 11.6. The number of rotatable bonds is 1. The molecule has 3 atom stereocenters. The summed E-state index contributed by atoms with van der Waals surface area (Å²) in [5.41, 5.74) is 2.56. The molecule has 1 fully saturated rings. The summed E-state index contributed by atoms with van der Waals surface area (Å²) >= 11 is 0. The molecule has 2 heterocycles. The normalized spacial score (nSPS) is 33.4. The fourth-order valence-corrected chi connectivity index (χ4v) is 4.26. The van der Waals surface area contributed by atoms with Crippen LogP contribution in [0.4, 0.5) is 0 Å². The molecule has 2 aliphatic rings. The quantitative estimate of drug-likeness (QED) is 0.731. The van der Waals surface area contributed by atoms with Crippen LogP contribution < -0.4 is 0 Å². The fraction of sp³-hybridized carbons (Fsp3) is 0.500. The number of likely N-dealkylation sites (N-methyl/N-ethyl adjacent to an activating group) is 1. The molecule has 20 heavy (non-hydrogen) atoms. The summed E-state index contributed by atoms with van der Waals surface area (Å²) in [6.07, 6.45) is 3.57. The average molecular weight is 272 g/mol. The standard InChI is InChI=1S/C16H20N2O2/c1-18-8-10(9-19)6-16(20)12-3-2-4-13-15(12)11(7-17-13)5-14(16)18/h2-4,7,10,14,17,19-20H,5-6,8-9H2,1H3/t10?,14-,16+/m1/s1. The topological polar surface area (TPSA) is 59.5 Å². The lowest BCUT2D eigenvalue weighted by atomic mass is 9.69. The maximum atomic E-state index is 11.4. The van der Waals surface area contributed by atoms with Crippen LogP contribution in [0, 0.1) is 5.92 Å². The Bertz CT molecular complexity index is 666. The van der Waals surface area contributed by atoms with E-state index in [9.17, 15) is 10.2 Å². The largest absolute Gasteiger partial charge is 0.396 e. The van der Waals surface area contributed by atoms with Gasteiger partial charge in [-0.15, -0.1) is 0 Å². The highest BCUT2D eigenvalue weighted by molar-refractivity contribution is 5.88. The molecule has 1 aliphatic carbocycles. The number of aliphatic hydroxyl groups excluding tert-OH is 1. The van der Waals surface area contributed by atoms with E-state index in [4.69, 9.17) is 0 Å². The lowest BCUT2D eigenvalue weighted by Crippen LogP contribution is -2.58. The highest BCUT2D eigenvalue weighted by Gasteiger charge is 2.49. The fourth-order valence-electron chi connectivity index (χ4n) is 4.26. The van der Waals surface area contributed by atoms with Crippen LogP contribution in [-0.2, 0) is 12.0 Å². The Morgan fingerprint density at radius 3 is 3.10 bits per heavy atom. The van der Waals surface area contributed by atoms with Crippen molar-refractivity contribution in [3.63, 3.8) is 0 Å². The van der Waals surface area contributed by atoms with Gasteiger partial charge in [0.05, 0.1) is 0 Å². The molecule has 106 valence electrons. The predicted octanol–water partition coefficient (Wildman–Crippen LogP) is 1.22. The van der Waals surface area contributed by atoms with Crippen LogP contribution in [0.15, 0.2) is 24.4 Å². The van der Waals surface area contributed by atoms with Crippen molar-refractivity contribution in [1.82, 2.24) is 9.88 Å². The van der Waals surface area contributed by atoms with E-state index in [0.29, 0.717) is 6.42 Å². The first-order valence-corrected chi connectivity index (χ1v) is 7.26. The van der Waals surface area contributed by atoms with E-state index in [1.54, 1.807) is 0 Å². The number of likely N-dealkylation sites (tertiary alicyclic amines) is 1. The number of H-pyrrole nitrogens is 1. The number of hydrogen-bond acceptors (Lipinski definition) is 3. The van der Waals surface area contributed by atoms with Crippen LogP contribution in [-0.4, -0.2) is 46.3 Å². The minimum absolute atomic E-state index is 0.0965. The Morgan fingerprint density at radius 2 is 2.30 bits per heavy atom. The van der Waals surface area contributed by atoms with Gasteiger partial charge in [0.25, 0.3) is 0 Å². The number of nitrogens with one attached hydrogen (secondary N) is 1. The third kappa shape index (κ3) is 1.47. The van der Waals surface area contributed by atoms with Gasteiger partial charge in [-0.05, 0) is 43.0 Å². The van der Waals surface area contributed by atoms with Gasteiger partial charge in [0.15, 0.2) is 0 Å². The van der Waals surface area contributed by atoms with Crippen molar-refractivity contribution in [2.24, 2.45) is 5.92 Å². The number of aromatic amines is 1. The number of hydrogen-bond donors (Lipinski definition) is 3. The molecule has 1 saturated heterocycles. The van der Waals surface area contributed by atoms with Crippen LogP contribution in [0.25, 0.3) is 10.9 Å². The molecule has 4 heteroatoms. The van der Waals surface area contributed by atoms with Gasteiger partial charge in [0.2, 0.25) is 0 Å². The van der Waals surface area contributed by atoms with Crippen LogP contribution in [0.2, 0.25) is 0 Å². The third-order valence-corrected chi connectivity index (χ3v) is 5.15. The van der Waals surface area contributed by atoms with E-state index in [0.717, 1.165) is 24.0 Å². The Morgan fingerprint density at radius 1 is 1.45 bits per heavy atom. The third-order valence-electron chi connectivity index (χ3n) is 5.15. The molecular formula is C16H20N2O2. The molecule has 1 aromatic heterocycles. The first-order valence-electron chi connectivity index (χ1n) is 7.26. The summed E-state index contributed by atoms with van der Waals surface area (Å²) in [5.74, 6) is 0.136. The Labute approximate surface area is 118 Å². The molecule has 4 rings (SSSR count). The van der Waals surface area contributed by atoms with Gasteiger partial charge in [0, 0.05) is 36.3 Å². The molecule has 1 unspecified atom stereocenters. The second kappa shape index (κ2) is 4.07. The molecule has 1 aromatic carbocycles. The Kier molecular flexibility index (Phi) is 2.52. The number of fused-ring (bicyclic) bond motifs is 2. The predicted molar refractivity (Wildman–Crippen MR) is 77.5 cm³/mol. The van der Waals surface area contributed by atoms with Crippen LogP contribution >= 0.6 is 0 Å². The van der Waals surface area contributed by atoms with Crippen molar-refractivity contribution in [3.05, 3.63) is 35.5 Å². The van der Waals surface area contributed by atoms with E-state index < -0.39 is 5.60 Å². The monoisotopic (exact) mass is 272 g/mol. The van der Waals surface area contributed by atoms with Gasteiger partial charge in [0.1, 0.15) is 5.60 Å². The van der Waals surface area contributed by atoms with Crippen molar-refractivity contribution in [1.29, 1.82) is 0 Å². The van der Waals surface area contributed by atoms with Gasteiger partial charge >= 0.3 is 0 Å². The van der Waals surface area contributed by atoms with Crippen LogP contribution in [0.5, 0.6) is 0 Å². The molecule has 0 bridgehead atoms. The minimum atomic E-state index is -0.852. The molecule has 2 aromatic rings. The number of nitrogens with zero attached hydrogens (tertiary/aromatic N) is 1. The van der Waals surface area contributed by atoms with Crippen LogP contribution in [0.1, 0.15) is 17.5 Å². The molecule has 0 saturated carbocycles. The van der Waals surface area contributed by atoms with Gasteiger partial charge in [-0.25, -0.2) is 0 Å². The van der Waals surface area contributed by atoms with Crippen molar-refractivity contribution in [2.45, 2.75) is 24.5 Å². The summed E-state index contributed by atoms with van der Waals surface area (Å²) in [6, 6.07) is 6.20. The second-order valence-electron chi connectivity index (χ2n) is 6.38.